The van der Waals surface area contributed by atoms with Crippen LogP contribution in [-0.4, -0.2) is 45.2 Å². The summed E-state index contributed by atoms with van der Waals surface area (Å²) in [6.45, 7) is 13.6. The Bertz CT molecular complexity index is 930. The second-order valence-electron chi connectivity index (χ2n) is 14.5. The number of aliphatic hydroxyl groups is 3. The smallest absolute Gasteiger partial charge is 0.310 e. The molecule has 5 heteroatoms. The first-order valence-corrected chi connectivity index (χ1v) is 14.1. The Kier molecular flexibility index (Phi) is 5.73. The molecular formula is C30H48O5. The van der Waals surface area contributed by atoms with Crippen molar-refractivity contribution in [2.75, 3.05) is 6.61 Å². The van der Waals surface area contributed by atoms with Crippen LogP contribution in [0.3, 0.4) is 0 Å². The summed E-state index contributed by atoms with van der Waals surface area (Å²) >= 11 is 0. The lowest BCUT2D eigenvalue weighted by Crippen LogP contribution is -2.68. The van der Waals surface area contributed by atoms with E-state index in [0.29, 0.717) is 24.2 Å². The molecule has 0 bridgehead atoms. The number of hydrogen-bond donors (Lipinski definition) is 4. The molecule has 198 valence electrons. The van der Waals surface area contributed by atoms with E-state index in [1.54, 1.807) is 0 Å². The molecular weight excluding hydrogens is 440 g/mol. The number of carboxylic acids is 1. The molecule has 0 saturated heterocycles. The second kappa shape index (κ2) is 7.80. The first kappa shape index (κ1) is 25.7. The molecule has 5 aliphatic rings. The fourth-order valence-electron chi connectivity index (χ4n) is 11.0. The van der Waals surface area contributed by atoms with Crippen molar-refractivity contribution < 1.29 is 25.2 Å². The predicted molar refractivity (Wildman–Crippen MR) is 135 cm³/mol. The maximum atomic E-state index is 12.8. The van der Waals surface area contributed by atoms with Gasteiger partial charge in [-0.1, -0.05) is 53.2 Å². The van der Waals surface area contributed by atoms with Gasteiger partial charge in [0.05, 0.1) is 24.2 Å². The van der Waals surface area contributed by atoms with E-state index in [9.17, 15) is 25.2 Å². The third-order valence-electron chi connectivity index (χ3n) is 13.5. The molecule has 0 heterocycles. The topological polar surface area (TPSA) is 98.0 Å². The van der Waals surface area contributed by atoms with Crippen LogP contribution in [-0.2, 0) is 4.79 Å². The molecule has 0 spiro atoms. The van der Waals surface area contributed by atoms with Crippen molar-refractivity contribution in [1.29, 1.82) is 0 Å². The lowest BCUT2D eigenvalue weighted by atomic mass is 9.33. The lowest BCUT2D eigenvalue weighted by Gasteiger charge is -2.71. The first-order chi connectivity index (χ1) is 16.2. The highest BCUT2D eigenvalue weighted by atomic mass is 16.4. The highest BCUT2D eigenvalue weighted by Gasteiger charge is 2.70. The maximum absolute atomic E-state index is 12.8. The van der Waals surface area contributed by atoms with Crippen molar-refractivity contribution in [1.82, 2.24) is 0 Å². The fourth-order valence-corrected chi connectivity index (χ4v) is 11.0. The zero-order valence-corrected chi connectivity index (χ0v) is 22.7. The molecule has 5 nitrogen and oxygen atoms in total. The van der Waals surface area contributed by atoms with Crippen LogP contribution in [0.15, 0.2) is 11.6 Å². The summed E-state index contributed by atoms with van der Waals surface area (Å²) in [4.78, 5) is 12.8. The minimum absolute atomic E-state index is 0.00815. The number of hydrogen-bond acceptors (Lipinski definition) is 4. The van der Waals surface area contributed by atoms with Gasteiger partial charge in [-0.25, -0.2) is 0 Å². The summed E-state index contributed by atoms with van der Waals surface area (Å²) in [5.41, 5.74) is -0.214. The quantitative estimate of drug-likeness (QED) is 0.409. The van der Waals surface area contributed by atoms with E-state index in [-0.39, 0.29) is 34.7 Å². The number of aliphatic carboxylic acids is 1. The molecule has 0 unspecified atom stereocenters. The van der Waals surface area contributed by atoms with Gasteiger partial charge in [0.25, 0.3) is 0 Å². The molecule has 4 fully saturated rings. The van der Waals surface area contributed by atoms with Gasteiger partial charge in [-0.3, -0.25) is 4.79 Å². The summed E-state index contributed by atoms with van der Waals surface area (Å²) < 4.78 is 0. The van der Waals surface area contributed by atoms with Crippen LogP contribution < -0.4 is 0 Å². The molecule has 0 aromatic rings. The Hall–Kier alpha value is -0.910. The first-order valence-electron chi connectivity index (χ1n) is 14.1. The Balaban J connectivity index is 1.62. The van der Waals surface area contributed by atoms with Crippen LogP contribution in [0.4, 0.5) is 0 Å². The average Bonchev–Trinajstić information content (AvgIpc) is 2.80. The van der Waals surface area contributed by atoms with Crippen LogP contribution in [0.1, 0.15) is 92.9 Å². The highest BCUT2D eigenvalue weighted by Crippen LogP contribution is 2.75. The molecule has 5 rings (SSSR count). The normalized spacial score (nSPS) is 57.7. The van der Waals surface area contributed by atoms with Crippen LogP contribution in [0.5, 0.6) is 0 Å². The van der Waals surface area contributed by atoms with Crippen molar-refractivity contribution in [2.24, 2.45) is 56.7 Å². The standard InChI is InChI=1S/C30H48O5/c1-17-9-12-30(25(34)35)14-13-28(5)19(23(30)18(17)2)7-8-22-26(3)15-20(32)24(33)27(4,16-31)21(26)10-11-29(22,28)6/h7,17-18,20-24,31-33H,8-16H2,1-6H3,(H,34,35)/t17-,18+,20-,21-,22-,23+,24+,26+,27+,28-,29-,30+/m1/s1. The third kappa shape index (κ3) is 2.95. The number of fused-ring (bicyclic) bond motifs is 7. The van der Waals surface area contributed by atoms with E-state index in [0.717, 1.165) is 44.9 Å². The van der Waals surface area contributed by atoms with Crippen molar-refractivity contribution in [3.05, 3.63) is 11.6 Å². The molecule has 0 radical (unpaired) electrons. The number of carbonyl (C=O) groups is 1. The van der Waals surface area contributed by atoms with E-state index >= 15 is 0 Å². The molecule has 0 aromatic carbocycles. The van der Waals surface area contributed by atoms with Gasteiger partial charge in [0.15, 0.2) is 0 Å². The largest absolute Gasteiger partial charge is 0.481 e. The summed E-state index contributed by atoms with van der Waals surface area (Å²) in [5.74, 6) is 0.828. The van der Waals surface area contributed by atoms with Crippen molar-refractivity contribution >= 4 is 5.97 Å². The Morgan fingerprint density at radius 3 is 2.31 bits per heavy atom. The van der Waals surface area contributed by atoms with Gasteiger partial charge in [0, 0.05) is 5.41 Å². The number of aliphatic hydroxyl groups excluding tert-OH is 3. The number of rotatable bonds is 2. The minimum Gasteiger partial charge on any atom is -0.481 e. The van der Waals surface area contributed by atoms with E-state index in [2.05, 4.69) is 40.7 Å². The van der Waals surface area contributed by atoms with E-state index in [1.807, 2.05) is 6.92 Å². The van der Waals surface area contributed by atoms with Crippen molar-refractivity contribution in [3.8, 4) is 0 Å². The maximum Gasteiger partial charge on any atom is 0.310 e. The van der Waals surface area contributed by atoms with E-state index in [4.69, 9.17) is 0 Å². The molecule has 0 amide bonds. The van der Waals surface area contributed by atoms with Crippen LogP contribution in [0.25, 0.3) is 0 Å². The van der Waals surface area contributed by atoms with Crippen LogP contribution in [0.2, 0.25) is 0 Å². The lowest BCUT2D eigenvalue weighted by molar-refractivity contribution is -0.244. The van der Waals surface area contributed by atoms with Crippen LogP contribution >= 0.6 is 0 Å². The Morgan fingerprint density at radius 1 is 1.00 bits per heavy atom. The summed E-state index contributed by atoms with van der Waals surface area (Å²) in [5, 5.41) is 42.9. The third-order valence-corrected chi connectivity index (χ3v) is 13.5. The van der Waals surface area contributed by atoms with E-state index < -0.39 is 29.0 Å². The highest BCUT2D eigenvalue weighted by molar-refractivity contribution is 5.76. The van der Waals surface area contributed by atoms with Gasteiger partial charge >= 0.3 is 5.97 Å². The van der Waals surface area contributed by atoms with Gasteiger partial charge in [-0.05, 0) is 97.2 Å². The second-order valence-corrected chi connectivity index (χ2v) is 14.5. The van der Waals surface area contributed by atoms with Crippen LogP contribution in [0, 0.1) is 56.7 Å². The predicted octanol–water partition coefficient (Wildman–Crippen LogP) is 5.03. The zero-order valence-electron chi connectivity index (χ0n) is 22.7. The summed E-state index contributed by atoms with van der Waals surface area (Å²) in [6, 6.07) is 0. The molecule has 0 aromatic heterocycles. The fraction of sp³-hybridized carbons (Fsp3) is 0.900. The van der Waals surface area contributed by atoms with Gasteiger partial charge < -0.3 is 20.4 Å². The van der Waals surface area contributed by atoms with Gasteiger partial charge in [0.1, 0.15) is 0 Å². The van der Waals surface area contributed by atoms with E-state index in [1.165, 1.54) is 5.57 Å². The summed E-state index contributed by atoms with van der Waals surface area (Å²) in [7, 11) is 0. The molecule has 4 N–H and O–H groups in total. The van der Waals surface area contributed by atoms with Gasteiger partial charge in [-0.15, -0.1) is 0 Å². The molecule has 35 heavy (non-hydrogen) atoms. The molecule has 12 atom stereocenters. The molecule has 5 aliphatic carbocycles. The minimum atomic E-state index is -0.907. The van der Waals surface area contributed by atoms with Crippen molar-refractivity contribution in [3.63, 3.8) is 0 Å². The summed E-state index contributed by atoms with van der Waals surface area (Å²) in [6.07, 6.45) is 7.51. The molecule has 4 saturated carbocycles. The Labute approximate surface area is 211 Å². The average molecular weight is 489 g/mol. The number of allylic oxidation sites excluding steroid dienone is 2. The SMILES string of the molecule is C[C@H]1[C@H](C)CC[C@]2(C(=O)O)CC[C@]3(C)C(=CC[C@@H]4[C@@]5(C)C[C@@H](O)[C@H](O)[C@@](C)(CO)[C@@H]5CC[C@]43C)[C@H]12. The monoisotopic (exact) mass is 488 g/mol. The van der Waals surface area contributed by atoms with Gasteiger partial charge in [0.2, 0.25) is 0 Å². The van der Waals surface area contributed by atoms with Gasteiger partial charge in [-0.2, -0.15) is 0 Å². The zero-order chi connectivity index (χ0) is 25.8. The van der Waals surface area contributed by atoms with Crippen molar-refractivity contribution in [2.45, 2.75) is 105 Å². The molecule has 0 aliphatic heterocycles. The Morgan fingerprint density at radius 2 is 1.69 bits per heavy atom. The number of carboxylic acid groups (broad SMARTS) is 1.